The Morgan fingerprint density at radius 2 is 2.00 bits per heavy atom. The Balaban J connectivity index is 1.60. The fourth-order valence-corrected chi connectivity index (χ4v) is 4.25. The van der Waals surface area contributed by atoms with Crippen LogP contribution in [-0.2, 0) is 7.05 Å². The molecule has 0 radical (unpaired) electrons. The normalized spacial score (nSPS) is 20.4. The van der Waals surface area contributed by atoms with Crippen molar-refractivity contribution in [1.82, 2.24) is 14.9 Å². The number of carbonyl (C=O) groups is 1. The van der Waals surface area contributed by atoms with E-state index in [1.807, 2.05) is 13.1 Å². The van der Waals surface area contributed by atoms with Crippen LogP contribution in [0.15, 0.2) is 41.3 Å². The third-order valence-corrected chi connectivity index (χ3v) is 5.95. The molecule has 2 aromatic rings. The number of hydrogen-bond acceptors (Lipinski definition) is 4. The quantitative estimate of drug-likeness (QED) is 0.831. The van der Waals surface area contributed by atoms with Gasteiger partial charge in [0, 0.05) is 37.1 Å². The summed E-state index contributed by atoms with van der Waals surface area (Å²) in [5, 5.41) is 3.19. The largest absolute Gasteiger partial charge is 0.481 e. The van der Waals surface area contributed by atoms with Gasteiger partial charge >= 0.3 is 0 Å². The van der Waals surface area contributed by atoms with E-state index in [2.05, 4.69) is 23.3 Å². The molecule has 6 nitrogen and oxygen atoms in total. The maximum Gasteiger partial charge on any atom is 0.253 e. The van der Waals surface area contributed by atoms with E-state index in [-0.39, 0.29) is 17.5 Å². The van der Waals surface area contributed by atoms with Crippen molar-refractivity contribution in [1.29, 1.82) is 0 Å². The van der Waals surface area contributed by atoms with Crippen LogP contribution >= 0.6 is 0 Å². The van der Waals surface area contributed by atoms with Gasteiger partial charge in [0.2, 0.25) is 11.4 Å². The van der Waals surface area contributed by atoms with Gasteiger partial charge in [-0.1, -0.05) is 13.0 Å². The molecule has 2 aromatic heterocycles. The van der Waals surface area contributed by atoms with Gasteiger partial charge < -0.3 is 14.6 Å². The van der Waals surface area contributed by atoms with Crippen LogP contribution in [0.1, 0.15) is 61.0 Å². The van der Waals surface area contributed by atoms with Crippen molar-refractivity contribution in [2.75, 3.05) is 7.11 Å². The predicted octanol–water partition coefficient (Wildman–Crippen LogP) is 3.27. The van der Waals surface area contributed by atoms with Crippen LogP contribution in [0.5, 0.6) is 5.88 Å². The predicted molar refractivity (Wildman–Crippen MR) is 109 cm³/mol. The number of rotatable bonds is 6. The fraction of sp³-hybridized carbons (Fsp3) is 0.500. The van der Waals surface area contributed by atoms with E-state index in [4.69, 9.17) is 4.74 Å². The number of methoxy groups -OCH3 is 1. The lowest BCUT2D eigenvalue weighted by atomic mass is 9.76. The van der Waals surface area contributed by atoms with Crippen LogP contribution in [0.25, 0.3) is 0 Å². The smallest absolute Gasteiger partial charge is 0.253 e. The van der Waals surface area contributed by atoms with Gasteiger partial charge in [0.05, 0.1) is 12.7 Å². The van der Waals surface area contributed by atoms with Crippen LogP contribution in [0.4, 0.5) is 0 Å². The first-order chi connectivity index (χ1) is 13.5. The van der Waals surface area contributed by atoms with Crippen molar-refractivity contribution in [3.8, 4) is 5.88 Å². The maximum atomic E-state index is 12.6. The molecule has 1 aliphatic carbocycles. The molecule has 1 N–H and O–H groups in total. The highest BCUT2D eigenvalue weighted by Crippen LogP contribution is 2.37. The third kappa shape index (κ3) is 4.43. The van der Waals surface area contributed by atoms with E-state index >= 15 is 0 Å². The molecular formula is C22H29N3O3. The summed E-state index contributed by atoms with van der Waals surface area (Å²) in [6.07, 6.45) is 6.62. The summed E-state index contributed by atoms with van der Waals surface area (Å²) in [4.78, 5) is 28.6. The van der Waals surface area contributed by atoms with Gasteiger partial charge in [0.25, 0.3) is 5.91 Å². The lowest BCUT2D eigenvalue weighted by Crippen LogP contribution is -2.41. The van der Waals surface area contributed by atoms with E-state index < -0.39 is 0 Å². The third-order valence-electron chi connectivity index (χ3n) is 5.95. The van der Waals surface area contributed by atoms with Crippen LogP contribution < -0.4 is 15.6 Å². The van der Waals surface area contributed by atoms with Gasteiger partial charge in [-0.3, -0.25) is 9.59 Å². The molecule has 1 fully saturated rings. The number of nitrogens with zero attached hydrogens (tertiary/aromatic N) is 2. The highest BCUT2D eigenvalue weighted by atomic mass is 16.5. The van der Waals surface area contributed by atoms with E-state index in [1.165, 1.54) is 0 Å². The molecule has 0 bridgehead atoms. The molecule has 0 saturated heterocycles. The SMILES string of the molecule is CC[C@H](NC(=O)c1ccc(OC)nc1)C1CCC(c2cccc(=O)n2C)CC1. The lowest BCUT2D eigenvalue weighted by Gasteiger charge is -2.34. The number of aromatic nitrogens is 2. The topological polar surface area (TPSA) is 73.2 Å². The summed E-state index contributed by atoms with van der Waals surface area (Å²) >= 11 is 0. The summed E-state index contributed by atoms with van der Waals surface area (Å²) in [6.45, 7) is 2.12. The molecule has 1 aliphatic rings. The zero-order valence-electron chi connectivity index (χ0n) is 16.9. The Hall–Kier alpha value is -2.63. The minimum Gasteiger partial charge on any atom is -0.481 e. The number of ether oxygens (including phenoxy) is 1. The van der Waals surface area contributed by atoms with E-state index in [0.29, 0.717) is 23.3 Å². The Morgan fingerprint density at radius 1 is 1.25 bits per heavy atom. The molecule has 0 aliphatic heterocycles. The molecule has 1 atom stereocenters. The number of amides is 1. The van der Waals surface area contributed by atoms with E-state index in [9.17, 15) is 9.59 Å². The summed E-state index contributed by atoms with van der Waals surface area (Å²) in [7, 11) is 3.40. The van der Waals surface area contributed by atoms with Crippen LogP contribution in [0.3, 0.4) is 0 Å². The van der Waals surface area contributed by atoms with Crippen LogP contribution in [0.2, 0.25) is 0 Å². The molecule has 2 heterocycles. The van der Waals surface area contributed by atoms with Crippen molar-refractivity contribution >= 4 is 5.91 Å². The van der Waals surface area contributed by atoms with Crippen molar-refractivity contribution in [2.24, 2.45) is 13.0 Å². The monoisotopic (exact) mass is 383 g/mol. The minimum absolute atomic E-state index is 0.0476. The molecule has 3 rings (SSSR count). The molecule has 0 unspecified atom stereocenters. The average Bonchev–Trinajstić information content (AvgIpc) is 2.74. The molecule has 1 saturated carbocycles. The molecule has 150 valence electrons. The van der Waals surface area contributed by atoms with E-state index in [1.54, 1.807) is 36.1 Å². The summed E-state index contributed by atoms with van der Waals surface area (Å²) in [6, 6.07) is 9.09. The Kier molecular flexibility index (Phi) is 6.49. The molecule has 1 amide bonds. The van der Waals surface area contributed by atoms with Crippen LogP contribution in [0, 0.1) is 5.92 Å². The van der Waals surface area contributed by atoms with Gasteiger partial charge in [0.15, 0.2) is 0 Å². The molecule has 6 heteroatoms. The standard InChI is InChI=1S/C22H29N3O3/c1-4-18(24-22(27)17-12-13-20(28-3)23-14-17)15-8-10-16(11-9-15)19-6-5-7-21(26)25(19)2/h5-7,12-16,18H,4,8-11H2,1-3H3,(H,24,27)/t15?,16?,18-/m0/s1. The summed E-state index contributed by atoms with van der Waals surface area (Å²) in [5.41, 5.74) is 1.71. The molecular weight excluding hydrogens is 354 g/mol. The van der Waals surface area contributed by atoms with Crippen molar-refractivity contribution in [3.63, 3.8) is 0 Å². The fourth-order valence-electron chi connectivity index (χ4n) is 4.25. The molecule has 28 heavy (non-hydrogen) atoms. The van der Waals surface area contributed by atoms with Crippen molar-refractivity contribution in [3.05, 3.63) is 58.1 Å². The van der Waals surface area contributed by atoms with Gasteiger partial charge in [-0.15, -0.1) is 0 Å². The number of carbonyl (C=O) groups excluding carboxylic acids is 1. The molecule has 0 spiro atoms. The first-order valence-electron chi connectivity index (χ1n) is 10.00. The second-order valence-corrected chi connectivity index (χ2v) is 7.54. The zero-order chi connectivity index (χ0) is 20.1. The van der Waals surface area contributed by atoms with Gasteiger partial charge in [-0.2, -0.15) is 0 Å². The minimum atomic E-state index is -0.0883. The van der Waals surface area contributed by atoms with Gasteiger partial charge in [0.1, 0.15) is 0 Å². The highest BCUT2D eigenvalue weighted by molar-refractivity contribution is 5.94. The number of hydrogen-bond donors (Lipinski definition) is 1. The van der Waals surface area contributed by atoms with Gasteiger partial charge in [-0.25, -0.2) is 4.98 Å². The Labute approximate surface area is 165 Å². The molecule has 0 aromatic carbocycles. The zero-order valence-corrected chi connectivity index (χ0v) is 16.9. The Morgan fingerprint density at radius 3 is 2.61 bits per heavy atom. The average molecular weight is 383 g/mol. The van der Waals surface area contributed by atoms with Crippen LogP contribution in [-0.4, -0.2) is 28.6 Å². The number of nitrogens with one attached hydrogen (secondary N) is 1. The number of pyridine rings is 2. The highest BCUT2D eigenvalue weighted by Gasteiger charge is 2.29. The Bertz CT molecular complexity index is 852. The summed E-state index contributed by atoms with van der Waals surface area (Å²) in [5.74, 6) is 1.28. The van der Waals surface area contributed by atoms with Crippen molar-refractivity contribution < 1.29 is 9.53 Å². The second-order valence-electron chi connectivity index (χ2n) is 7.54. The van der Waals surface area contributed by atoms with Gasteiger partial charge in [-0.05, 0) is 56.1 Å². The van der Waals surface area contributed by atoms with E-state index in [0.717, 1.165) is 37.8 Å². The van der Waals surface area contributed by atoms with Crippen molar-refractivity contribution in [2.45, 2.75) is 51.0 Å². The first-order valence-corrected chi connectivity index (χ1v) is 10.00. The maximum absolute atomic E-state index is 12.6. The second kappa shape index (κ2) is 9.04. The first kappa shape index (κ1) is 20.1. The lowest BCUT2D eigenvalue weighted by molar-refractivity contribution is 0.0908. The summed E-state index contributed by atoms with van der Waals surface area (Å²) < 4.78 is 6.81.